The van der Waals surface area contributed by atoms with Crippen molar-refractivity contribution >= 4 is 29.1 Å². The number of hydrogen-bond donors (Lipinski definition) is 1. The first-order chi connectivity index (χ1) is 16.4. The third kappa shape index (κ3) is 3.77. The highest BCUT2D eigenvalue weighted by molar-refractivity contribution is 6.51. The van der Waals surface area contributed by atoms with E-state index in [1.54, 1.807) is 36.4 Å². The van der Waals surface area contributed by atoms with Gasteiger partial charge in [0.05, 0.1) is 38.7 Å². The molecule has 0 saturated carbocycles. The number of carbonyl (C=O) groups excluding carboxylic acids is 3. The summed E-state index contributed by atoms with van der Waals surface area (Å²) >= 11 is 0. The Balaban J connectivity index is 1.90. The zero-order valence-corrected chi connectivity index (χ0v) is 18.6. The molecule has 1 N–H and O–H groups in total. The maximum absolute atomic E-state index is 13.2. The minimum absolute atomic E-state index is 0.171. The number of esters is 1. The number of nitrogens with zero attached hydrogens (tertiary/aromatic N) is 1. The van der Waals surface area contributed by atoms with Gasteiger partial charge in [-0.15, -0.1) is 0 Å². The number of anilines is 1. The molecule has 1 aromatic heterocycles. The van der Waals surface area contributed by atoms with Gasteiger partial charge in [-0.05, 0) is 48.5 Å². The van der Waals surface area contributed by atoms with Gasteiger partial charge >= 0.3 is 5.97 Å². The Kier molecular flexibility index (Phi) is 6.09. The molecule has 1 saturated heterocycles. The average molecular weight is 463 g/mol. The first-order valence-electron chi connectivity index (χ1n) is 10.2. The van der Waals surface area contributed by atoms with Crippen molar-refractivity contribution in [1.29, 1.82) is 0 Å². The number of carbonyl (C=O) groups is 3. The molecule has 0 spiro atoms. The molecule has 9 heteroatoms. The predicted octanol–water partition coefficient (Wildman–Crippen LogP) is 3.71. The van der Waals surface area contributed by atoms with Crippen molar-refractivity contribution in [2.75, 3.05) is 26.2 Å². The molecule has 1 amide bonds. The van der Waals surface area contributed by atoms with Gasteiger partial charge in [0.15, 0.2) is 11.5 Å². The van der Waals surface area contributed by atoms with E-state index in [1.807, 2.05) is 0 Å². The summed E-state index contributed by atoms with van der Waals surface area (Å²) in [6.45, 7) is 0. The molecule has 1 unspecified atom stereocenters. The molecule has 1 aliphatic heterocycles. The van der Waals surface area contributed by atoms with Gasteiger partial charge in [0.25, 0.3) is 11.7 Å². The van der Waals surface area contributed by atoms with Crippen molar-refractivity contribution in [1.82, 2.24) is 0 Å². The van der Waals surface area contributed by atoms with E-state index in [2.05, 4.69) is 0 Å². The van der Waals surface area contributed by atoms with Crippen LogP contribution in [0.1, 0.15) is 27.7 Å². The van der Waals surface area contributed by atoms with E-state index < -0.39 is 29.5 Å². The number of amides is 1. The molecule has 3 aromatic rings. The summed E-state index contributed by atoms with van der Waals surface area (Å²) in [5.74, 6) is -1.78. The van der Waals surface area contributed by atoms with Crippen LogP contribution in [0.5, 0.6) is 11.5 Å². The summed E-state index contributed by atoms with van der Waals surface area (Å²) < 4.78 is 20.8. The quantitative estimate of drug-likeness (QED) is 0.255. The molecule has 4 rings (SSSR count). The second-order valence-electron chi connectivity index (χ2n) is 7.30. The number of rotatable bonds is 6. The number of furan rings is 1. The highest BCUT2D eigenvalue weighted by atomic mass is 16.5. The van der Waals surface area contributed by atoms with Gasteiger partial charge in [-0.3, -0.25) is 14.5 Å². The molecule has 1 fully saturated rings. The van der Waals surface area contributed by atoms with Gasteiger partial charge in [0.2, 0.25) is 0 Å². The number of aliphatic hydroxyl groups excluding tert-OH is 1. The van der Waals surface area contributed by atoms with Gasteiger partial charge in [-0.25, -0.2) is 4.79 Å². The molecular formula is C25H21NO8. The van der Waals surface area contributed by atoms with Crippen LogP contribution in [0.15, 0.2) is 70.9 Å². The fourth-order valence-electron chi connectivity index (χ4n) is 3.85. The summed E-state index contributed by atoms with van der Waals surface area (Å²) in [4.78, 5) is 39.5. The van der Waals surface area contributed by atoms with Gasteiger partial charge in [0, 0.05) is 11.3 Å². The topological polar surface area (TPSA) is 116 Å². The number of hydrogen-bond acceptors (Lipinski definition) is 8. The number of methoxy groups -OCH3 is 3. The second kappa shape index (κ2) is 9.14. The minimum Gasteiger partial charge on any atom is -0.507 e. The first-order valence-corrected chi connectivity index (χ1v) is 10.2. The van der Waals surface area contributed by atoms with Crippen molar-refractivity contribution in [2.45, 2.75) is 6.04 Å². The summed E-state index contributed by atoms with van der Waals surface area (Å²) in [6.07, 6.45) is 1.40. The summed E-state index contributed by atoms with van der Waals surface area (Å²) in [5, 5.41) is 11.2. The third-order valence-electron chi connectivity index (χ3n) is 5.46. The lowest BCUT2D eigenvalue weighted by Crippen LogP contribution is -2.29. The van der Waals surface area contributed by atoms with Crippen LogP contribution in [0.2, 0.25) is 0 Å². The molecule has 2 aromatic carbocycles. The number of Topliss-reactive ketones (excluding diaryl/α,β-unsaturated/α-hetero) is 1. The third-order valence-corrected chi connectivity index (χ3v) is 5.46. The first kappa shape index (κ1) is 22.7. The molecular weight excluding hydrogens is 442 g/mol. The van der Waals surface area contributed by atoms with Crippen LogP contribution in [0, 0.1) is 0 Å². The Morgan fingerprint density at radius 1 is 0.941 bits per heavy atom. The SMILES string of the molecule is COC(=O)c1cccc(N2C(=O)C(=O)/C(=C(\O)c3ccc(OC)c(OC)c3)C2c2ccco2)c1. The summed E-state index contributed by atoms with van der Waals surface area (Å²) in [5.41, 5.74) is 0.531. The van der Waals surface area contributed by atoms with Crippen LogP contribution in [-0.4, -0.2) is 44.1 Å². The molecule has 174 valence electrons. The van der Waals surface area contributed by atoms with Crippen molar-refractivity contribution in [2.24, 2.45) is 0 Å². The Bertz CT molecular complexity index is 1290. The van der Waals surface area contributed by atoms with Gasteiger partial charge in [-0.2, -0.15) is 0 Å². The second-order valence-corrected chi connectivity index (χ2v) is 7.30. The minimum atomic E-state index is -1.07. The lowest BCUT2D eigenvalue weighted by molar-refractivity contribution is -0.132. The van der Waals surface area contributed by atoms with Crippen molar-refractivity contribution in [3.8, 4) is 11.5 Å². The molecule has 34 heavy (non-hydrogen) atoms. The van der Waals surface area contributed by atoms with E-state index in [0.29, 0.717) is 11.5 Å². The Morgan fingerprint density at radius 3 is 2.35 bits per heavy atom. The van der Waals surface area contributed by atoms with Crippen LogP contribution in [-0.2, 0) is 14.3 Å². The highest BCUT2D eigenvalue weighted by Crippen LogP contribution is 2.43. The molecule has 0 aliphatic carbocycles. The van der Waals surface area contributed by atoms with Gasteiger partial charge in [-0.1, -0.05) is 6.07 Å². The van der Waals surface area contributed by atoms with E-state index in [4.69, 9.17) is 18.6 Å². The molecule has 0 radical (unpaired) electrons. The van der Waals surface area contributed by atoms with E-state index in [1.165, 1.54) is 50.7 Å². The molecule has 1 atom stereocenters. The number of aliphatic hydroxyl groups is 1. The zero-order chi connectivity index (χ0) is 24.4. The van der Waals surface area contributed by atoms with Gasteiger partial charge < -0.3 is 23.7 Å². The molecule has 0 bridgehead atoms. The maximum atomic E-state index is 13.2. The lowest BCUT2D eigenvalue weighted by Gasteiger charge is -2.23. The Morgan fingerprint density at radius 2 is 1.71 bits per heavy atom. The summed E-state index contributed by atoms with van der Waals surface area (Å²) in [7, 11) is 4.16. The maximum Gasteiger partial charge on any atom is 0.337 e. The van der Waals surface area contributed by atoms with Crippen molar-refractivity contribution in [3.05, 3.63) is 83.3 Å². The predicted molar refractivity (Wildman–Crippen MR) is 121 cm³/mol. The van der Waals surface area contributed by atoms with E-state index in [9.17, 15) is 19.5 Å². The van der Waals surface area contributed by atoms with Crippen LogP contribution in [0.3, 0.4) is 0 Å². The van der Waals surface area contributed by atoms with E-state index in [-0.39, 0.29) is 28.1 Å². The number of ether oxygens (including phenoxy) is 3. The Labute approximate surface area is 194 Å². The van der Waals surface area contributed by atoms with E-state index in [0.717, 1.165) is 0 Å². The number of benzene rings is 2. The highest BCUT2D eigenvalue weighted by Gasteiger charge is 2.48. The molecule has 1 aliphatic rings. The van der Waals surface area contributed by atoms with Crippen LogP contribution in [0.25, 0.3) is 5.76 Å². The average Bonchev–Trinajstić information content (AvgIpc) is 3.49. The fraction of sp³-hybridized carbons (Fsp3) is 0.160. The molecule has 9 nitrogen and oxygen atoms in total. The van der Waals surface area contributed by atoms with E-state index >= 15 is 0 Å². The van der Waals surface area contributed by atoms with Crippen LogP contribution >= 0.6 is 0 Å². The largest absolute Gasteiger partial charge is 0.507 e. The normalized spacial score (nSPS) is 17.0. The van der Waals surface area contributed by atoms with Crippen molar-refractivity contribution in [3.63, 3.8) is 0 Å². The van der Waals surface area contributed by atoms with Crippen LogP contribution in [0.4, 0.5) is 5.69 Å². The van der Waals surface area contributed by atoms with Crippen molar-refractivity contribution < 1.29 is 38.1 Å². The molecule has 2 heterocycles. The fourth-order valence-corrected chi connectivity index (χ4v) is 3.85. The van der Waals surface area contributed by atoms with Crippen LogP contribution < -0.4 is 14.4 Å². The number of ketones is 1. The smallest absolute Gasteiger partial charge is 0.337 e. The summed E-state index contributed by atoms with van der Waals surface area (Å²) in [6, 6.07) is 12.8. The monoisotopic (exact) mass is 463 g/mol. The Hall–Kier alpha value is -4.53. The van der Waals surface area contributed by atoms with Gasteiger partial charge in [0.1, 0.15) is 17.6 Å². The lowest BCUT2D eigenvalue weighted by atomic mass is 9.99. The standard InChI is InChI=1S/C25H21NO8/c1-31-17-10-9-14(13-19(17)32-2)22(27)20-21(18-8-5-11-34-18)26(24(29)23(20)28)16-7-4-6-15(12-16)25(30)33-3/h4-13,21,27H,1-3H3/b22-20-. The zero-order valence-electron chi connectivity index (χ0n) is 18.6.